The number of piperazine rings is 1. The third kappa shape index (κ3) is 4.41. The molecule has 5 rings (SSSR count). The van der Waals surface area contributed by atoms with Crippen molar-refractivity contribution in [2.75, 3.05) is 44.2 Å². The van der Waals surface area contributed by atoms with E-state index in [-0.39, 0.29) is 0 Å². The van der Waals surface area contributed by atoms with Crippen LogP contribution in [0.15, 0.2) is 30.3 Å². The molecule has 0 radical (unpaired) electrons. The zero-order valence-corrected chi connectivity index (χ0v) is 19.5. The highest BCUT2D eigenvalue weighted by atomic mass is 32.1. The summed E-state index contributed by atoms with van der Waals surface area (Å²) in [5.41, 5.74) is 1.54. The molecular weight excluding hydrogens is 404 g/mol. The highest BCUT2D eigenvalue weighted by Gasteiger charge is 2.26. The second-order valence-electron chi connectivity index (χ2n) is 8.94. The van der Waals surface area contributed by atoms with Crippen LogP contribution >= 0.6 is 11.3 Å². The minimum atomic E-state index is 0.346. The van der Waals surface area contributed by atoms with Crippen molar-refractivity contribution in [2.45, 2.75) is 45.4 Å². The van der Waals surface area contributed by atoms with Gasteiger partial charge < -0.3 is 9.64 Å². The summed E-state index contributed by atoms with van der Waals surface area (Å²) in [6.45, 7) is 10.2. The quantitative estimate of drug-likeness (QED) is 0.550. The van der Waals surface area contributed by atoms with Crippen molar-refractivity contribution < 1.29 is 4.74 Å². The number of ether oxygens (including phenoxy) is 1. The van der Waals surface area contributed by atoms with E-state index in [0.717, 1.165) is 50.9 Å². The standard InChI is InChI=1S/C25H32N4OS/c1-18(2)23-26-24(22-20-10-6-7-11-21(20)31-25(22)27-23)29-14-12-28(13-15-29)16-17-30-19-8-4-3-5-9-19/h3-5,8-9,18H,6-7,10-17H2,1-2H3. The van der Waals surface area contributed by atoms with E-state index in [1.807, 2.05) is 41.7 Å². The van der Waals surface area contributed by atoms with Crippen LogP contribution < -0.4 is 9.64 Å². The molecule has 3 heterocycles. The van der Waals surface area contributed by atoms with Crippen molar-refractivity contribution in [1.29, 1.82) is 0 Å². The van der Waals surface area contributed by atoms with Gasteiger partial charge in [0.15, 0.2) is 0 Å². The maximum atomic E-state index is 5.90. The predicted molar refractivity (Wildman–Crippen MR) is 129 cm³/mol. The number of hydrogen-bond donors (Lipinski definition) is 0. The summed E-state index contributed by atoms with van der Waals surface area (Å²) in [7, 11) is 0. The van der Waals surface area contributed by atoms with Gasteiger partial charge in [0.25, 0.3) is 0 Å². The summed E-state index contributed by atoms with van der Waals surface area (Å²) in [5.74, 6) is 3.47. The van der Waals surface area contributed by atoms with Crippen molar-refractivity contribution in [3.05, 3.63) is 46.6 Å². The first-order chi connectivity index (χ1) is 15.2. The molecule has 1 saturated heterocycles. The van der Waals surface area contributed by atoms with Gasteiger partial charge in [-0.2, -0.15) is 0 Å². The van der Waals surface area contributed by atoms with E-state index in [2.05, 4.69) is 23.6 Å². The second kappa shape index (κ2) is 9.13. The van der Waals surface area contributed by atoms with Gasteiger partial charge in [0, 0.05) is 43.5 Å². The molecular formula is C25H32N4OS. The number of fused-ring (bicyclic) bond motifs is 3. The first-order valence-electron chi connectivity index (χ1n) is 11.7. The highest BCUT2D eigenvalue weighted by molar-refractivity contribution is 7.19. The minimum Gasteiger partial charge on any atom is -0.492 e. The van der Waals surface area contributed by atoms with Gasteiger partial charge in [0.1, 0.15) is 28.8 Å². The third-order valence-electron chi connectivity index (χ3n) is 6.42. The van der Waals surface area contributed by atoms with Gasteiger partial charge in [-0.25, -0.2) is 9.97 Å². The third-order valence-corrected chi connectivity index (χ3v) is 7.61. The van der Waals surface area contributed by atoms with Gasteiger partial charge in [-0.15, -0.1) is 11.3 Å². The molecule has 0 N–H and O–H groups in total. The van der Waals surface area contributed by atoms with E-state index in [4.69, 9.17) is 14.7 Å². The fraction of sp³-hybridized carbons (Fsp3) is 0.520. The maximum absolute atomic E-state index is 5.90. The lowest BCUT2D eigenvalue weighted by atomic mass is 9.96. The summed E-state index contributed by atoms with van der Waals surface area (Å²) in [6, 6.07) is 10.1. The smallest absolute Gasteiger partial charge is 0.141 e. The van der Waals surface area contributed by atoms with E-state index in [1.165, 1.54) is 47.3 Å². The number of anilines is 1. The zero-order valence-electron chi connectivity index (χ0n) is 18.6. The van der Waals surface area contributed by atoms with Crippen LogP contribution in [0.25, 0.3) is 10.2 Å². The lowest BCUT2D eigenvalue weighted by molar-refractivity contribution is 0.200. The van der Waals surface area contributed by atoms with Crippen molar-refractivity contribution in [2.24, 2.45) is 0 Å². The van der Waals surface area contributed by atoms with Gasteiger partial charge >= 0.3 is 0 Å². The molecule has 0 amide bonds. The summed E-state index contributed by atoms with van der Waals surface area (Å²) in [4.78, 5) is 17.9. The molecule has 0 saturated carbocycles. The van der Waals surface area contributed by atoms with E-state index in [1.54, 1.807) is 4.88 Å². The molecule has 6 heteroatoms. The van der Waals surface area contributed by atoms with Crippen molar-refractivity contribution in [3.63, 3.8) is 0 Å². The Bertz CT molecular complexity index is 1020. The molecule has 1 aliphatic heterocycles. The van der Waals surface area contributed by atoms with Crippen LogP contribution in [-0.2, 0) is 12.8 Å². The van der Waals surface area contributed by atoms with Gasteiger partial charge in [0.05, 0.1) is 5.39 Å². The number of aromatic nitrogens is 2. The molecule has 5 nitrogen and oxygen atoms in total. The molecule has 0 bridgehead atoms. The Labute approximate surface area is 189 Å². The zero-order chi connectivity index (χ0) is 21.2. The normalized spacial score (nSPS) is 17.3. The lowest BCUT2D eigenvalue weighted by Crippen LogP contribution is -2.48. The molecule has 0 unspecified atom stereocenters. The molecule has 2 aliphatic rings. The molecule has 0 spiro atoms. The van der Waals surface area contributed by atoms with Crippen LogP contribution in [0.2, 0.25) is 0 Å². The number of thiophene rings is 1. The number of hydrogen-bond acceptors (Lipinski definition) is 6. The summed E-state index contributed by atoms with van der Waals surface area (Å²) >= 11 is 1.91. The average Bonchev–Trinajstić information content (AvgIpc) is 3.18. The van der Waals surface area contributed by atoms with Crippen molar-refractivity contribution in [1.82, 2.24) is 14.9 Å². The molecule has 3 aromatic rings. The van der Waals surface area contributed by atoms with E-state index in [9.17, 15) is 0 Å². The first-order valence-corrected chi connectivity index (χ1v) is 12.5. The summed E-state index contributed by atoms with van der Waals surface area (Å²) < 4.78 is 5.90. The monoisotopic (exact) mass is 436 g/mol. The molecule has 2 aromatic heterocycles. The number of rotatable bonds is 6. The van der Waals surface area contributed by atoms with Crippen molar-refractivity contribution in [3.8, 4) is 5.75 Å². The van der Waals surface area contributed by atoms with Gasteiger partial charge in [-0.05, 0) is 43.4 Å². The van der Waals surface area contributed by atoms with Gasteiger partial charge in [0.2, 0.25) is 0 Å². The van der Waals surface area contributed by atoms with Crippen LogP contribution in [0.4, 0.5) is 5.82 Å². The topological polar surface area (TPSA) is 41.5 Å². The Morgan fingerprint density at radius 2 is 1.77 bits per heavy atom. The number of aryl methyl sites for hydroxylation is 2. The van der Waals surface area contributed by atoms with Crippen molar-refractivity contribution >= 4 is 27.4 Å². The number of benzene rings is 1. The Hall–Kier alpha value is -2.18. The molecule has 1 fully saturated rings. The Kier molecular flexibility index (Phi) is 6.10. The average molecular weight is 437 g/mol. The first kappa shape index (κ1) is 20.7. The lowest BCUT2D eigenvalue weighted by Gasteiger charge is -2.36. The maximum Gasteiger partial charge on any atom is 0.141 e. The fourth-order valence-electron chi connectivity index (χ4n) is 4.63. The molecule has 1 aromatic carbocycles. The van der Waals surface area contributed by atoms with Crippen LogP contribution in [-0.4, -0.2) is 54.2 Å². The summed E-state index contributed by atoms with van der Waals surface area (Å²) in [6.07, 6.45) is 4.99. The van der Waals surface area contributed by atoms with Crippen LogP contribution in [0, 0.1) is 0 Å². The largest absolute Gasteiger partial charge is 0.492 e. The van der Waals surface area contributed by atoms with Crippen LogP contribution in [0.5, 0.6) is 5.75 Å². The van der Waals surface area contributed by atoms with Gasteiger partial charge in [-0.1, -0.05) is 32.0 Å². The van der Waals surface area contributed by atoms with E-state index in [0.29, 0.717) is 5.92 Å². The fourth-order valence-corrected chi connectivity index (χ4v) is 5.90. The van der Waals surface area contributed by atoms with E-state index >= 15 is 0 Å². The molecule has 0 atom stereocenters. The second-order valence-corrected chi connectivity index (χ2v) is 10.0. The summed E-state index contributed by atoms with van der Waals surface area (Å²) in [5, 5.41) is 1.35. The Morgan fingerprint density at radius 1 is 1.00 bits per heavy atom. The Morgan fingerprint density at radius 3 is 2.55 bits per heavy atom. The predicted octanol–water partition coefficient (Wildman–Crippen LogP) is 4.89. The number of nitrogens with zero attached hydrogens (tertiary/aromatic N) is 4. The van der Waals surface area contributed by atoms with Crippen LogP contribution in [0.3, 0.4) is 0 Å². The van der Waals surface area contributed by atoms with Crippen LogP contribution in [0.1, 0.15) is 48.9 Å². The van der Waals surface area contributed by atoms with Gasteiger partial charge in [-0.3, -0.25) is 4.90 Å². The highest BCUT2D eigenvalue weighted by Crippen LogP contribution is 2.40. The molecule has 1 aliphatic carbocycles. The Balaban J connectivity index is 1.30. The molecule has 31 heavy (non-hydrogen) atoms. The number of para-hydroxylation sites is 1. The minimum absolute atomic E-state index is 0.346. The van der Waals surface area contributed by atoms with E-state index < -0.39 is 0 Å². The SMILES string of the molecule is CC(C)c1nc(N2CCN(CCOc3ccccc3)CC2)c2c3c(sc2n1)CCCC3. The molecule has 164 valence electrons.